The van der Waals surface area contributed by atoms with Gasteiger partial charge in [-0.2, -0.15) is 0 Å². The van der Waals surface area contributed by atoms with Crippen molar-refractivity contribution in [2.45, 2.75) is 290 Å². The van der Waals surface area contributed by atoms with Crippen LogP contribution in [0.5, 0.6) is 0 Å². The van der Waals surface area contributed by atoms with Crippen LogP contribution in [0.15, 0.2) is 36.5 Å². The van der Waals surface area contributed by atoms with Crippen molar-refractivity contribution in [3.8, 4) is 0 Å². The number of carbonyl (C=O) groups is 2. The van der Waals surface area contributed by atoms with Crippen molar-refractivity contribution in [3.05, 3.63) is 36.5 Å². The van der Waals surface area contributed by atoms with Gasteiger partial charge in [0.05, 0.1) is 6.61 Å². The molecular formula is C55H102O5. The fourth-order valence-electron chi connectivity index (χ4n) is 7.92. The Hall–Kier alpha value is -1.88. The molecule has 0 aliphatic rings. The third-order valence-corrected chi connectivity index (χ3v) is 11.9. The Morgan fingerprint density at radius 1 is 0.383 bits per heavy atom. The maximum atomic E-state index is 12.3. The Bertz CT molecular complexity index is 955. The molecule has 1 N–H and O–H groups in total. The zero-order chi connectivity index (χ0) is 43.5. The summed E-state index contributed by atoms with van der Waals surface area (Å²) in [5.41, 5.74) is 0. The van der Waals surface area contributed by atoms with Gasteiger partial charge in [0.15, 0.2) is 6.10 Å². The number of rotatable bonds is 49. The van der Waals surface area contributed by atoms with E-state index in [4.69, 9.17) is 9.47 Å². The van der Waals surface area contributed by atoms with E-state index in [1.165, 1.54) is 199 Å². The Morgan fingerprint density at radius 3 is 1.00 bits per heavy atom. The molecule has 0 fully saturated rings. The number of hydrogen-bond acceptors (Lipinski definition) is 5. The first kappa shape index (κ1) is 58.1. The molecule has 0 rings (SSSR count). The van der Waals surface area contributed by atoms with E-state index in [0.29, 0.717) is 12.8 Å². The normalized spacial score (nSPS) is 12.4. The maximum Gasteiger partial charge on any atom is 0.306 e. The van der Waals surface area contributed by atoms with Gasteiger partial charge >= 0.3 is 11.9 Å². The topological polar surface area (TPSA) is 72.8 Å². The standard InChI is InChI=1S/C55H102O5/c1-3-5-7-9-11-13-15-17-19-21-23-25-26-27-28-30-31-33-35-37-39-41-43-45-47-49-54(57)59-52-53(51-56)60-55(58)50-48-46-44-42-40-38-36-34-32-29-24-22-20-18-16-14-12-10-8-6-4-2/h16,18,22,24,32,34,53,56H,3-15,17,19-21,23,25-31,33,35-52H2,1-2H3/b18-16-,24-22-,34-32-. The maximum absolute atomic E-state index is 12.3. The second-order valence-electron chi connectivity index (χ2n) is 18.0. The molecule has 352 valence electrons. The highest BCUT2D eigenvalue weighted by atomic mass is 16.6. The molecule has 0 spiro atoms. The van der Waals surface area contributed by atoms with Crippen LogP contribution in [-0.2, 0) is 19.1 Å². The average Bonchev–Trinajstić information content (AvgIpc) is 3.25. The number of allylic oxidation sites excluding steroid dienone is 6. The lowest BCUT2D eigenvalue weighted by Crippen LogP contribution is -2.28. The summed E-state index contributed by atoms with van der Waals surface area (Å²) in [5, 5.41) is 9.63. The summed E-state index contributed by atoms with van der Waals surface area (Å²) < 4.78 is 10.7. The molecule has 5 heteroatoms. The number of ether oxygens (including phenoxy) is 2. The Labute approximate surface area is 374 Å². The molecule has 0 aliphatic heterocycles. The highest BCUT2D eigenvalue weighted by Gasteiger charge is 2.16. The van der Waals surface area contributed by atoms with E-state index in [9.17, 15) is 14.7 Å². The second kappa shape index (κ2) is 51.5. The van der Waals surface area contributed by atoms with Gasteiger partial charge in [-0.05, 0) is 51.4 Å². The van der Waals surface area contributed by atoms with E-state index >= 15 is 0 Å². The smallest absolute Gasteiger partial charge is 0.306 e. The molecule has 5 nitrogen and oxygen atoms in total. The highest BCUT2D eigenvalue weighted by molar-refractivity contribution is 5.70. The van der Waals surface area contributed by atoms with Crippen molar-refractivity contribution in [1.82, 2.24) is 0 Å². The van der Waals surface area contributed by atoms with Gasteiger partial charge in [0.1, 0.15) is 6.61 Å². The number of esters is 2. The Morgan fingerprint density at radius 2 is 0.667 bits per heavy atom. The summed E-state index contributed by atoms with van der Waals surface area (Å²) in [5.74, 6) is -0.591. The van der Waals surface area contributed by atoms with Crippen LogP contribution in [0.4, 0.5) is 0 Å². The average molecular weight is 843 g/mol. The Kier molecular flexibility index (Phi) is 49.9. The molecule has 60 heavy (non-hydrogen) atoms. The zero-order valence-corrected chi connectivity index (χ0v) is 40.2. The van der Waals surface area contributed by atoms with Crippen LogP contribution < -0.4 is 0 Å². The van der Waals surface area contributed by atoms with E-state index in [0.717, 1.165) is 57.8 Å². The van der Waals surface area contributed by atoms with Crippen LogP contribution in [-0.4, -0.2) is 36.4 Å². The SMILES string of the molecule is CCCCCCC/C=C\C/C=C\C/C=C\CCCCCCCCC(=O)OC(CO)COC(=O)CCCCCCCCCCCCCCCCCCCCCCCCCCC. The first-order valence-electron chi connectivity index (χ1n) is 26.5. The van der Waals surface area contributed by atoms with Crippen LogP contribution >= 0.6 is 0 Å². The first-order valence-corrected chi connectivity index (χ1v) is 26.5. The van der Waals surface area contributed by atoms with E-state index in [1.54, 1.807) is 0 Å². The van der Waals surface area contributed by atoms with Gasteiger partial charge in [-0.25, -0.2) is 0 Å². The van der Waals surface area contributed by atoms with Crippen molar-refractivity contribution in [3.63, 3.8) is 0 Å². The summed E-state index contributed by atoms with van der Waals surface area (Å²) in [6, 6.07) is 0. The molecule has 0 radical (unpaired) electrons. The molecule has 0 bridgehead atoms. The first-order chi connectivity index (χ1) is 29.6. The predicted molar refractivity (Wildman–Crippen MR) is 261 cm³/mol. The molecule has 0 aromatic heterocycles. The van der Waals surface area contributed by atoms with Gasteiger partial charge < -0.3 is 14.6 Å². The zero-order valence-electron chi connectivity index (χ0n) is 40.2. The van der Waals surface area contributed by atoms with Crippen LogP contribution in [0.3, 0.4) is 0 Å². The number of aliphatic hydroxyl groups excluding tert-OH is 1. The molecule has 1 atom stereocenters. The molecule has 0 aromatic rings. The monoisotopic (exact) mass is 843 g/mol. The van der Waals surface area contributed by atoms with E-state index < -0.39 is 6.10 Å². The number of unbranched alkanes of at least 4 members (excludes halogenated alkanes) is 35. The van der Waals surface area contributed by atoms with Crippen LogP contribution in [0, 0.1) is 0 Å². The molecule has 0 aliphatic carbocycles. The third-order valence-electron chi connectivity index (χ3n) is 11.9. The highest BCUT2D eigenvalue weighted by Crippen LogP contribution is 2.17. The predicted octanol–water partition coefficient (Wildman–Crippen LogP) is 17.5. The molecular weight excluding hydrogens is 741 g/mol. The molecule has 0 saturated carbocycles. The number of aliphatic hydroxyl groups is 1. The van der Waals surface area contributed by atoms with E-state index in [-0.39, 0.29) is 25.2 Å². The van der Waals surface area contributed by atoms with Gasteiger partial charge in [-0.1, -0.05) is 256 Å². The van der Waals surface area contributed by atoms with Gasteiger partial charge in [0.2, 0.25) is 0 Å². The van der Waals surface area contributed by atoms with Crippen LogP contribution in [0.2, 0.25) is 0 Å². The van der Waals surface area contributed by atoms with Crippen molar-refractivity contribution in [2.24, 2.45) is 0 Å². The third kappa shape index (κ3) is 48.8. The fraction of sp³-hybridized carbons (Fsp3) is 0.855. The van der Waals surface area contributed by atoms with Crippen molar-refractivity contribution in [1.29, 1.82) is 0 Å². The van der Waals surface area contributed by atoms with Gasteiger partial charge in [0.25, 0.3) is 0 Å². The molecule has 1 unspecified atom stereocenters. The minimum Gasteiger partial charge on any atom is -0.462 e. The summed E-state index contributed by atoms with van der Waals surface area (Å²) in [6.45, 7) is 4.16. The van der Waals surface area contributed by atoms with Gasteiger partial charge in [0, 0.05) is 12.8 Å². The van der Waals surface area contributed by atoms with Crippen molar-refractivity contribution in [2.75, 3.05) is 13.2 Å². The Balaban J connectivity index is 3.48. The number of hydrogen-bond donors (Lipinski definition) is 1. The van der Waals surface area contributed by atoms with Crippen molar-refractivity contribution >= 4 is 11.9 Å². The van der Waals surface area contributed by atoms with Crippen LogP contribution in [0.1, 0.15) is 284 Å². The minimum absolute atomic E-state index is 0.0676. The van der Waals surface area contributed by atoms with E-state index in [1.807, 2.05) is 0 Å². The summed E-state index contributed by atoms with van der Waals surface area (Å²) in [6.07, 6.45) is 65.3. The fourth-order valence-corrected chi connectivity index (χ4v) is 7.92. The lowest BCUT2D eigenvalue weighted by atomic mass is 10.0. The molecule has 0 heterocycles. The summed E-state index contributed by atoms with van der Waals surface area (Å²) in [4.78, 5) is 24.5. The second-order valence-corrected chi connectivity index (χ2v) is 18.0. The number of carbonyl (C=O) groups excluding carboxylic acids is 2. The summed E-state index contributed by atoms with van der Waals surface area (Å²) in [7, 11) is 0. The summed E-state index contributed by atoms with van der Waals surface area (Å²) >= 11 is 0. The molecule has 0 saturated heterocycles. The van der Waals surface area contributed by atoms with E-state index in [2.05, 4.69) is 50.3 Å². The largest absolute Gasteiger partial charge is 0.462 e. The lowest BCUT2D eigenvalue weighted by Gasteiger charge is -2.15. The molecule has 0 amide bonds. The van der Waals surface area contributed by atoms with Gasteiger partial charge in [-0.3, -0.25) is 9.59 Å². The minimum atomic E-state index is -0.777. The van der Waals surface area contributed by atoms with Gasteiger partial charge in [-0.15, -0.1) is 0 Å². The molecule has 0 aromatic carbocycles. The van der Waals surface area contributed by atoms with Crippen LogP contribution in [0.25, 0.3) is 0 Å². The lowest BCUT2D eigenvalue weighted by molar-refractivity contribution is -0.161. The van der Waals surface area contributed by atoms with Crippen molar-refractivity contribution < 1.29 is 24.2 Å². The quantitative estimate of drug-likeness (QED) is 0.0375.